The lowest BCUT2D eigenvalue weighted by Crippen LogP contribution is -1.91. The lowest BCUT2D eigenvalue weighted by Gasteiger charge is -2.09. The number of nitrogens with two attached hydrogens (primary N) is 1. The van der Waals surface area contributed by atoms with Crippen molar-refractivity contribution >= 4 is 22.1 Å². The van der Waals surface area contributed by atoms with E-state index in [1.165, 1.54) is 16.7 Å². The third-order valence-electron chi connectivity index (χ3n) is 3.22. The van der Waals surface area contributed by atoms with Crippen LogP contribution in [0.5, 0.6) is 0 Å². The SMILES string of the molecule is Cc1ccc(C(C)C)cc1-c1nn2cc(N)nc2s1. The van der Waals surface area contributed by atoms with Gasteiger partial charge in [-0.15, -0.1) is 0 Å². The number of anilines is 1. The Labute approximate surface area is 115 Å². The summed E-state index contributed by atoms with van der Waals surface area (Å²) in [4.78, 5) is 5.08. The summed E-state index contributed by atoms with van der Waals surface area (Å²) in [6.45, 7) is 6.51. The van der Waals surface area contributed by atoms with Crippen LogP contribution in [-0.4, -0.2) is 14.6 Å². The summed E-state index contributed by atoms with van der Waals surface area (Å²) in [6, 6.07) is 6.56. The van der Waals surface area contributed by atoms with E-state index in [0.29, 0.717) is 11.7 Å². The number of imidazole rings is 1. The molecule has 0 saturated heterocycles. The van der Waals surface area contributed by atoms with Crippen molar-refractivity contribution in [3.8, 4) is 10.6 Å². The molecular formula is C14H16N4S. The number of aryl methyl sites for hydroxylation is 1. The van der Waals surface area contributed by atoms with Crippen molar-refractivity contribution in [3.63, 3.8) is 0 Å². The molecular weight excluding hydrogens is 256 g/mol. The Morgan fingerprint density at radius 3 is 2.79 bits per heavy atom. The second kappa shape index (κ2) is 4.35. The normalized spacial score (nSPS) is 11.6. The van der Waals surface area contributed by atoms with Gasteiger partial charge < -0.3 is 5.73 Å². The molecule has 0 unspecified atom stereocenters. The van der Waals surface area contributed by atoms with Gasteiger partial charge in [0, 0.05) is 5.56 Å². The molecule has 0 aliphatic carbocycles. The van der Waals surface area contributed by atoms with E-state index < -0.39 is 0 Å². The topological polar surface area (TPSA) is 56.2 Å². The summed E-state index contributed by atoms with van der Waals surface area (Å²) in [5.74, 6) is 1.02. The fourth-order valence-corrected chi connectivity index (χ4v) is 3.02. The van der Waals surface area contributed by atoms with Gasteiger partial charge in [0.25, 0.3) is 0 Å². The van der Waals surface area contributed by atoms with Gasteiger partial charge in [0.15, 0.2) is 0 Å². The molecule has 2 aromatic heterocycles. The summed E-state index contributed by atoms with van der Waals surface area (Å²) in [6.07, 6.45) is 1.75. The van der Waals surface area contributed by atoms with Crippen LogP contribution >= 0.6 is 11.3 Å². The molecule has 0 aliphatic rings. The number of fused-ring (bicyclic) bond motifs is 1. The molecule has 2 N–H and O–H groups in total. The van der Waals surface area contributed by atoms with Gasteiger partial charge >= 0.3 is 0 Å². The van der Waals surface area contributed by atoms with Crippen LogP contribution in [0.2, 0.25) is 0 Å². The molecule has 5 heteroatoms. The molecule has 0 aliphatic heterocycles. The molecule has 2 heterocycles. The highest BCUT2D eigenvalue weighted by molar-refractivity contribution is 7.19. The molecule has 4 nitrogen and oxygen atoms in total. The lowest BCUT2D eigenvalue weighted by molar-refractivity contribution is 0.866. The summed E-state index contributed by atoms with van der Waals surface area (Å²) < 4.78 is 1.75. The lowest BCUT2D eigenvalue weighted by atomic mass is 9.98. The maximum Gasteiger partial charge on any atom is 0.214 e. The van der Waals surface area contributed by atoms with Gasteiger partial charge in [-0.05, 0) is 30.0 Å². The quantitative estimate of drug-likeness (QED) is 0.777. The minimum atomic E-state index is 0.512. The van der Waals surface area contributed by atoms with Crippen molar-refractivity contribution in [2.75, 3.05) is 5.73 Å². The van der Waals surface area contributed by atoms with Gasteiger partial charge in [0.2, 0.25) is 4.96 Å². The zero-order valence-corrected chi connectivity index (χ0v) is 12.0. The number of aromatic nitrogens is 3. The molecule has 3 rings (SSSR count). The predicted octanol–water partition coefficient (Wildman–Crippen LogP) is 3.47. The molecule has 0 fully saturated rings. The Bertz CT molecular complexity index is 708. The smallest absolute Gasteiger partial charge is 0.214 e. The van der Waals surface area contributed by atoms with Crippen LogP contribution in [0.3, 0.4) is 0 Å². The van der Waals surface area contributed by atoms with E-state index in [-0.39, 0.29) is 0 Å². The van der Waals surface area contributed by atoms with Crippen LogP contribution in [0.25, 0.3) is 15.5 Å². The Morgan fingerprint density at radius 1 is 1.32 bits per heavy atom. The van der Waals surface area contributed by atoms with Crippen molar-refractivity contribution in [2.45, 2.75) is 26.7 Å². The molecule has 1 aromatic carbocycles. The van der Waals surface area contributed by atoms with Crippen LogP contribution < -0.4 is 5.73 Å². The summed E-state index contributed by atoms with van der Waals surface area (Å²) in [7, 11) is 0. The highest BCUT2D eigenvalue weighted by Crippen LogP contribution is 2.31. The molecule has 98 valence electrons. The van der Waals surface area contributed by atoms with Crippen LogP contribution in [0.1, 0.15) is 30.9 Å². The summed E-state index contributed by atoms with van der Waals surface area (Å²) in [5.41, 5.74) is 9.39. The molecule has 3 aromatic rings. The van der Waals surface area contributed by atoms with Crippen LogP contribution in [-0.2, 0) is 0 Å². The van der Waals surface area contributed by atoms with Gasteiger partial charge in [-0.1, -0.05) is 37.3 Å². The molecule has 0 amide bonds. The average Bonchev–Trinajstić information content (AvgIpc) is 2.86. The maximum atomic E-state index is 5.65. The van der Waals surface area contributed by atoms with Gasteiger partial charge in [0.05, 0.1) is 6.20 Å². The van der Waals surface area contributed by atoms with Crippen molar-refractivity contribution in [3.05, 3.63) is 35.5 Å². The number of hydrogen-bond donors (Lipinski definition) is 1. The van der Waals surface area contributed by atoms with Gasteiger partial charge in [0.1, 0.15) is 10.8 Å². The standard InChI is InChI=1S/C14H16N4S/c1-8(2)10-5-4-9(3)11(6-10)13-17-18-7-12(15)16-14(18)19-13/h4-8H,15H2,1-3H3. The first kappa shape index (κ1) is 12.2. The second-order valence-corrected chi connectivity index (χ2v) is 5.99. The largest absolute Gasteiger partial charge is 0.382 e. The molecule has 0 spiro atoms. The third kappa shape index (κ3) is 2.10. The van der Waals surface area contributed by atoms with Gasteiger partial charge in [-0.25, -0.2) is 9.50 Å². The Balaban J connectivity index is 2.14. The maximum absolute atomic E-state index is 5.65. The van der Waals surface area contributed by atoms with E-state index in [2.05, 4.69) is 49.1 Å². The molecule has 19 heavy (non-hydrogen) atoms. The second-order valence-electron chi connectivity index (χ2n) is 5.03. The fourth-order valence-electron chi connectivity index (χ4n) is 2.05. The van der Waals surface area contributed by atoms with Gasteiger partial charge in [-0.2, -0.15) is 5.10 Å². The first-order valence-corrected chi connectivity index (χ1v) is 7.09. The molecule has 0 bridgehead atoms. The van der Waals surface area contributed by atoms with E-state index >= 15 is 0 Å². The zero-order chi connectivity index (χ0) is 13.6. The van der Waals surface area contributed by atoms with Crippen LogP contribution in [0, 0.1) is 6.92 Å². The van der Waals surface area contributed by atoms with E-state index in [4.69, 9.17) is 5.73 Å². The monoisotopic (exact) mass is 272 g/mol. The van der Waals surface area contributed by atoms with Crippen LogP contribution in [0.4, 0.5) is 5.82 Å². The predicted molar refractivity (Wildman–Crippen MR) is 79.5 cm³/mol. The minimum Gasteiger partial charge on any atom is -0.382 e. The fraction of sp³-hybridized carbons (Fsp3) is 0.286. The summed E-state index contributed by atoms with van der Waals surface area (Å²) in [5, 5.41) is 5.55. The van der Waals surface area contributed by atoms with E-state index in [1.807, 2.05) is 0 Å². The average molecular weight is 272 g/mol. The van der Waals surface area contributed by atoms with Crippen molar-refractivity contribution < 1.29 is 0 Å². The molecule has 0 atom stereocenters. The summed E-state index contributed by atoms with van der Waals surface area (Å²) >= 11 is 1.57. The minimum absolute atomic E-state index is 0.512. The highest BCUT2D eigenvalue weighted by atomic mass is 32.1. The number of rotatable bonds is 2. The van der Waals surface area contributed by atoms with Crippen molar-refractivity contribution in [1.29, 1.82) is 0 Å². The molecule has 0 radical (unpaired) electrons. The first-order valence-electron chi connectivity index (χ1n) is 6.27. The third-order valence-corrected chi connectivity index (χ3v) is 4.18. The number of nitrogens with zero attached hydrogens (tertiary/aromatic N) is 3. The van der Waals surface area contributed by atoms with Crippen LogP contribution in [0.15, 0.2) is 24.4 Å². The number of nitrogen functional groups attached to an aromatic ring is 1. The first-order chi connectivity index (χ1) is 9.04. The van der Waals surface area contributed by atoms with E-state index in [1.54, 1.807) is 22.0 Å². The number of hydrogen-bond acceptors (Lipinski definition) is 4. The Hall–Kier alpha value is -1.88. The highest BCUT2D eigenvalue weighted by Gasteiger charge is 2.12. The van der Waals surface area contributed by atoms with Crippen molar-refractivity contribution in [1.82, 2.24) is 14.6 Å². The Kier molecular flexibility index (Phi) is 2.78. The van der Waals surface area contributed by atoms with E-state index in [9.17, 15) is 0 Å². The van der Waals surface area contributed by atoms with Gasteiger partial charge in [-0.3, -0.25) is 0 Å². The number of benzene rings is 1. The molecule has 0 saturated carbocycles. The zero-order valence-electron chi connectivity index (χ0n) is 11.2. The van der Waals surface area contributed by atoms with E-state index in [0.717, 1.165) is 9.97 Å². The van der Waals surface area contributed by atoms with Crippen molar-refractivity contribution in [2.24, 2.45) is 0 Å². The Morgan fingerprint density at radius 2 is 2.11 bits per heavy atom.